The van der Waals surface area contributed by atoms with Crippen LogP contribution in [-0.4, -0.2) is 29.0 Å². The Balaban J connectivity index is 4.64. The summed E-state index contributed by atoms with van der Waals surface area (Å²) >= 11 is 0. The van der Waals surface area contributed by atoms with Crippen molar-refractivity contribution >= 4 is 12.5 Å². The molecule has 16 heavy (non-hydrogen) atoms. The van der Waals surface area contributed by atoms with Gasteiger partial charge in [-0.05, 0) is 27.2 Å². The van der Waals surface area contributed by atoms with Crippen LogP contribution < -0.4 is 0 Å². The lowest BCUT2D eigenvalue weighted by Crippen LogP contribution is -2.41. The summed E-state index contributed by atoms with van der Waals surface area (Å²) in [5.41, 5.74) is -0.601. The van der Waals surface area contributed by atoms with Crippen LogP contribution in [0.5, 0.6) is 0 Å². The summed E-state index contributed by atoms with van der Waals surface area (Å²) in [6, 6.07) is -0.294. The first-order valence-electron chi connectivity index (χ1n) is 5.45. The Hall–Kier alpha value is -1.32. The summed E-state index contributed by atoms with van der Waals surface area (Å²) in [6.07, 6.45) is 3.02. The number of imide groups is 1. The molecule has 0 spiro atoms. The maximum absolute atomic E-state index is 11.7. The van der Waals surface area contributed by atoms with Gasteiger partial charge in [0.2, 0.25) is 6.41 Å². The Morgan fingerprint density at radius 3 is 2.38 bits per heavy atom. The standard InChI is InChI=1S/C12H21NO3/c1-6-8-10(7-2)13(9-14)11(15)16-12(3,4)5/h7,9-10H,2,6,8H2,1,3-5H3/t10-/m0/s1. The highest BCUT2D eigenvalue weighted by molar-refractivity contribution is 5.81. The fraction of sp³-hybridized carbons (Fsp3) is 0.667. The van der Waals surface area contributed by atoms with Crippen molar-refractivity contribution in [2.24, 2.45) is 0 Å². The predicted molar refractivity (Wildman–Crippen MR) is 63.0 cm³/mol. The molecule has 4 nitrogen and oxygen atoms in total. The number of amides is 2. The Morgan fingerprint density at radius 1 is 1.50 bits per heavy atom. The minimum absolute atomic E-state index is 0.294. The van der Waals surface area contributed by atoms with Gasteiger partial charge in [-0.25, -0.2) is 9.69 Å². The van der Waals surface area contributed by atoms with Gasteiger partial charge in [-0.15, -0.1) is 6.58 Å². The monoisotopic (exact) mass is 227 g/mol. The molecule has 0 aromatic rings. The van der Waals surface area contributed by atoms with E-state index >= 15 is 0 Å². The fourth-order valence-corrected chi connectivity index (χ4v) is 1.24. The van der Waals surface area contributed by atoms with Gasteiger partial charge in [-0.2, -0.15) is 0 Å². The van der Waals surface area contributed by atoms with Crippen molar-refractivity contribution in [3.05, 3.63) is 12.7 Å². The number of hydrogen-bond acceptors (Lipinski definition) is 3. The molecule has 0 heterocycles. The summed E-state index contributed by atoms with van der Waals surface area (Å²) in [5.74, 6) is 0. The van der Waals surface area contributed by atoms with Crippen molar-refractivity contribution < 1.29 is 14.3 Å². The molecule has 4 heteroatoms. The molecule has 92 valence electrons. The lowest BCUT2D eigenvalue weighted by molar-refractivity contribution is -0.118. The van der Waals surface area contributed by atoms with Gasteiger partial charge in [0.05, 0.1) is 6.04 Å². The van der Waals surface area contributed by atoms with Crippen LogP contribution in [0.15, 0.2) is 12.7 Å². The average molecular weight is 227 g/mol. The molecule has 0 aromatic carbocycles. The predicted octanol–water partition coefficient (Wildman–Crippen LogP) is 2.73. The molecule has 1 atom stereocenters. The van der Waals surface area contributed by atoms with E-state index in [0.29, 0.717) is 12.8 Å². The highest BCUT2D eigenvalue weighted by Crippen LogP contribution is 2.13. The zero-order valence-corrected chi connectivity index (χ0v) is 10.5. The molecule has 0 aromatic heterocycles. The van der Waals surface area contributed by atoms with Crippen LogP contribution >= 0.6 is 0 Å². The van der Waals surface area contributed by atoms with Crippen molar-refractivity contribution in [2.45, 2.75) is 52.2 Å². The van der Waals surface area contributed by atoms with E-state index in [4.69, 9.17) is 4.74 Å². The van der Waals surface area contributed by atoms with E-state index < -0.39 is 11.7 Å². The molecular formula is C12H21NO3. The van der Waals surface area contributed by atoms with Crippen LogP contribution in [0.2, 0.25) is 0 Å². The molecule has 0 aliphatic carbocycles. The normalized spacial score (nSPS) is 12.8. The summed E-state index contributed by atoms with van der Waals surface area (Å²) in [7, 11) is 0. The number of carbonyl (C=O) groups is 2. The number of hydrogen-bond donors (Lipinski definition) is 0. The molecule has 0 aliphatic heterocycles. The largest absolute Gasteiger partial charge is 0.443 e. The summed E-state index contributed by atoms with van der Waals surface area (Å²) in [4.78, 5) is 23.6. The van der Waals surface area contributed by atoms with E-state index in [2.05, 4.69) is 6.58 Å². The number of nitrogens with zero attached hydrogens (tertiary/aromatic N) is 1. The van der Waals surface area contributed by atoms with E-state index in [9.17, 15) is 9.59 Å². The summed E-state index contributed by atoms with van der Waals surface area (Å²) in [5, 5.41) is 0. The molecule has 0 N–H and O–H groups in total. The highest BCUT2D eigenvalue weighted by atomic mass is 16.6. The Kier molecular flexibility index (Phi) is 5.78. The first-order valence-corrected chi connectivity index (χ1v) is 5.45. The van der Waals surface area contributed by atoms with Crippen molar-refractivity contribution in [1.29, 1.82) is 0 Å². The molecule has 0 fully saturated rings. The number of ether oxygens (including phenoxy) is 1. The second-order valence-corrected chi connectivity index (χ2v) is 4.58. The zero-order chi connectivity index (χ0) is 12.8. The third-order valence-electron chi connectivity index (χ3n) is 1.93. The summed E-state index contributed by atoms with van der Waals surface area (Å²) in [6.45, 7) is 10.9. The van der Waals surface area contributed by atoms with Crippen LogP contribution in [-0.2, 0) is 9.53 Å². The minimum atomic E-state index is -0.624. The zero-order valence-electron chi connectivity index (χ0n) is 10.5. The van der Waals surface area contributed by atoms with Gasteiger partial charge >= 0.3 is 6.09 Å². The van der Waals surface area contributed by atoms with Gasteiger partial charge in [-0.1, -0.05) is 19.4 Å². The maximum Gasteiger partial charge on any atom is 0.417 e. The Morgan fingerprint density at radius 2 is 2.06 bits per heavy atom. The SMILES string of the molecule is C=C[C@@H](CCC)N(C=O)C(=O)OC(C)(C)C. The van der Waals surface area contributed by atoms with Crippen LogP contribution in [0.1, 0.15) is 40.5 Å². The smallest absolute Gasteiger partial charge is 0.417 e. The topological polar surface area (TPSA) is 46.6 Å². The molecule has 0 unspecified atom stereocenters. The molecule has 0 saturated heterocycles. The molecule has 2 amide bonds. The van der Waals surface area contributed by atoms with Gasteiger partial charge in [-0.3, -0.25) is 4.79 Å². The maximum atomic E-state index is 11.7. The molecular weight excluding hydrogens is 206 g/mol. The highest BCUT2D eigenvalue weighted by Gasteiger charge is 2.25. The van der Waals surface area contributed by atoms with Gasteiger partial charge in [0, 0.05) is 0 Å². The van der Waals surface area contributed by atoms with E-state index in [0.717, 1.165) is 11.3 Å². The van der Waals surface area contributed by atoms with E-state index in [-0.39, 0.29) is 6.04 Å². The quantitative estimate of drug-likeness (QED) is 0.536. The average Bonchev–Trinajstić information content (AvgIpc) is 2.14. The van der Waals surface area contributed by atoms with Crippen molar-refractivity contribution in [1.82, 2.24) is 4.90 Å². The first-order chi connectivity index (χ1) is 7.35. The van der Waals surface area contributed by atoms with Crippen LogP contribution in [0.4, 0.5) is 4.79 Å². The Labute approximate surface area is 97.3 Å². The lowest BCUT2D eigenvalue weighted by Gasteiger charge is -2.27. The Bertz CT molecular complexity index is 255. The second kappa shape index (κ2) is 6.30. The molecule has 0 bridgehead atoms. The van der Waals surface area contributed by atoms with E-state index in [1.54, 1.807) is 26.8 Å². The number of rotatable bonds is 5. The molecule has 0 saturated carbocycles. The van der Waals surface area contributed by atoms with Crippen LogP contribution in [0, 0.1) is 0 Å². The molecule has 0 aliphatic rings. The second-order valence-electron chi connectivity index (χ2n) is 4.58. The van der Waals surface area contributed by atoms with Gasteiger partial charge in [0.15, 0.2) is 0 Å². The minimum Gasteiger partial charge on any atom is -0.443 e. The van der Waals surface area contributed by atoms with Crippen molar-refractivity contribution in [2.75, 3.05) is 0 Å². The third-order valence-corrected chi connectivity index (χ3v) is 1.93. The molecule has 0 rings (SSSR count). The van der Waals surface area contributed by atoms with Crippen molar-refractivity contribution in [3.8, 4) is 0 Å². The molecule has 0 radical (unpaired) electrons. The first kappa shape index (κ1) is 14.7. The third kappa shape index (κ3) is 4.96. The van der Waals surface area contributed by atoms with Gasteiger partial charge < -0.3 is 4.74 Å². The van der Waals surface area contributed by atoms with Gasteiger partial charge in [0.1, 0.15) is 5.60 Å². The van der Waals surface area contributed by atoms with E-state index in [1.807, 2.05) is 6.92 Å². The fourth-order valence-electron chi connectivity index (χ4n) is 1.24. The lowest BCUT2D eigenvalue weighted by atomic mass is 10.1. The van der Waals surface area contributed by atoms with Crippen molar-refractivity contribution in [3.63, 3.8) is 0 Å². The van der Waals surface area contributed by atoms with Crippen LogP contribution in [0.25, 0.3) is 0 Å². The van der Waals surface area contributed by atoms with Crippen LogP contribution in [0.3, 0.4) is 0 Å². The van der Waals surface area contributed by atoms with Gasteiger partial charge in [0.25, 0.3) is 0 Å². The van der Waals surface area contributed by atoms with E-state index in [1.165, 1.54) is 0 Å². The number of carbonyl (C=O) groups excluding carboxylic acids is 2. The summed E-state index contributed by atoms with van der Waals surface area (Å²) < 4.78 is 5.13.